The van der Waals surface area contributed by atoms with E-state index in [0.29, 0.717) is 19.6 Å². The number of hydrogen-bond donors (Lipinski definition) is 1. The van der Waals surface area contributed by atoms with Gasteiger partial charge in [-0.15, -0.1) is 0 Å². The minimum absolute atomic E-state index is 0.0473. The molecule has 2 aromatic rings. The summed E-state index contributed by atoms with van der Waals surface area (Å²) in [5.41, 5.74) is 1.17. The van der Waals surface area contributed by atoms with Crippen LogP contribution in [0.1, 0.15) is 48.0 Å². The molecule has 0 atom stereocenters. The van der Waals surface area contributed by atoms with Crippen LogP contribution >= 0.6 is 0 Å². The van der Waals surface area contributed by atoms with Crippen LogP contribution in [0, 0.1) is 0 Å². The van der Waals surface area contributed by atoms with Gasteiger partial charge in [0.15, 0.2) is 6.61 Å². The van der Waals surface area contributed by atoms with Gasteiger partial charge < -0.3 is 14.8 Å². The van der Waals surface area contributed by atoms with Crippen LogP contribution in [-0.4, -0.2) is 58.0 Å². The molecule has 8 nitrogen and oxygen atoms in total. The summed E-state index contributed by atoms with van der Waals surface area (Å²) in [5.74, 6) is -1.00. The maximum Gasteiger partial charge on any atom is 0.338 e. The van der Waals surface area contributed by atoms with E-state index in [1.54, 1.807) is 0 Å². The summed E-state index contributed by atoms with van der Waals surface area (Å²) in [6.07, 6.45) is 4.70. The molecule has 1 N–H and O–H groups in total. The average Bonchev–Trinajstić information content (AvgIpc) is 3.38. The molecule has 1 heterocycles. The van der Waals surface area contributed by atoms with Crippen molar-refractivity contribution in [2.75, 3.05) is 33.4 Å². The summed E-state index contributed by atoms with van der Waals surface area (Å²) in [6.45, 7) is 0.910. The molecule has 182 valence electrons. The summed E-state index contributed by atoms with van der Waals surface area (Å²) in [6, 6.07) is 14.2. The largest absolute Gasteiger partial charge is 0.495 e. The Kier molecular flexibility index (Phi) is 7.23. The number of carbonyl (C=O) groups is 2. The third kappa shape index (κ3) is 4.95. The van der Waals surface area contributed by atoms with Gasteiger partial charge in [-0.1, -0.05) is 36.8 Å². The lowest BCUT2D eigenvalue weighted by molar-refractivity contribution is -0.124. The molecule has 0 radical (unpaired) electrons. The molecule has 0 spiro atoms. The van der Waals surface area contributed by atoms with Gasteiger partial charge in [0.05, 0.1) is 12.7 Å². The minimum Gasteiger partial charge on any atom is -0.495 e. The van der Waals surface area contributed by atoms with E-state index in [9.17, 15) is 18.0 Å². The van der Waals surface area contributed by atoms with E-state index in [1.807, 2.05) is 18.2 Å². The predicted molar refractivity (Wildman–Crippen MR) is 126 cm³/mol. The van der Waals surface area contributed by atoms with Gasteiger partial charge in [-0.3, -0.25) is 4.79 Å². The topological polar surface area (TPSA) is 102 Å². The van der Waals surface area contributed by atoms with E-state index in [-0.39, 0.29) is 21.6 Å². The van der Waals surface area contributed by atoms with Gasteiger partial charge in [-0.25, -0.2) is 13.2 Å². The van der Waals surface area contributed by atoms with E-state index in [1.165, 1.54) is 35.2 Å². The lowest BCUT2D eigenvalue weighted by Crippen LogP contribution is -2.46. The average molecular weight is 487 g/mol. The second kappa shape index (κ2) is 10.1. The molecule has 4 rings (SSSR count). The summed E-state index contributed by atoms with van der Waals surface area (Å²) < 4.78 is 37.8. The number of nitrogens with one attached hydrogen (secondary N) is 1. The highest BCUT2D eigenvalue weighted by molar-refractivity contribution is 7.89. The molecule has 1 aliphatic carbocycles. The van der Waals surface area contributed by atoms with Gasteiger partial charge in [-0.05, 0) is 49.4 Å². The number of sulfonamides is 1. The third-order valence-corrected chi connectivity index (χ3v) is 8.66. The Morgan fingerprint density at radius 1 is 1.03 bits per heavy atom. The van der Waals surface area contributed by atoms with Crippen LogP contribution in [0.3, 0.4) is 0 Å². The van der Waals surface area contributed by atoms with Gasteiger partial charge in [-0.2, -0.15) is 4.31 Å². The van der Waals surface area contributed by atoms with Crippen LogP contribution in [0.2, 0.25) is 0 Å². The highest BCUT2D eigenvalue weighted by Gasteiger charge is 2.38. The summed E-state index contributed by atoms with van der Waals surface area (Å²) in [5, 5.41) is 2.88. The van der Waals surface area contributed by atoms with E-state index < -0.39 is 28.5 Å². The summed E-state index contributed by atoms with van der Waals surface area (Å²) >= 11 is 0. The standard InChI is InChI=1S/C25H30N2O6S/c1-32-21-11-10-19(16-22(21)34(30,31)27-14-5-6-15-27)24(29)33-17-23(28)26-18-25(12-7-13-25)20-8-3-2-4-9-20/h2-4,8-11,16H,5-7,12-15,17-18H2,1H3,(H,26,28). The number of esters is 1. The lowest BCUT2D eigenvalue weighted by Gasteiger charge is -2.42. The van der Waals surface area contributed by atoms with Crippen LogP contribution in [0.4, 0.5) is 0 Å². The molecule has 1 aliphatic heterocycles. The van der Waals surface area contributed by atoms with Crippen molar-refractivity contribution in [3.63, 3.8) is 0 Å². The van der Waals surface area contributed by atoms with Gasteiger partial charge in [0.25, 0.3) is 5.91 Å². The van der Waals surface area contributed by atoms with Gasteiger partial charge in [0, 0.05) is 25.0 Å². The number of ether oxygens (including phenoxy) is 2. The molecule has 2 fully saturated rings. The molecule has 34 heavy (non-hydrogen) atoms. The second-order valence-electron chi connectivity index (χ2n) is 8.83. The fraction of sp³-hybridized carbons (Fsp3) is 0.440. The Hall–Kier alpha value is -2.91. The third-order valence-electron chi connectivity index (χ3n) is 6.74. The Labute approximate surface area is 200 Å². The van der Waals surface area contributed by atoms with E-state index in [2.05, 4.69) is 17.4 Å². The number of amides is 1. The van der Waals surface area contributed by atoms with Crippen LogP contribution in [0.25, 0.3) is 0 Å². The van der Waals surface area contributed by atoms with Crippen molar-refractivity contribution >= 4 is 21.9 Å². The minimum atomic E-state index is -3.80. The normalized spacial score (nSPS) is 17.6. The molecule has 0 unspecified atom stereocenters. The number of nitrogens with zero attached hydrogens (tertiary/aromatic N) is 1. The first-order valence-electron chi connectivity index (χ1n) is 11.5. The number of methoxy groups -OCH3 is 1. The molecule has 2 aliphatic rings. The smallest absolute Gasteiger partial charge is 0.338 e. The van der Waals surface area contributed by atoms with Crippen LogP contribution < -0.4 is 10.1 Å². The van der Waals surface area contributed by atoms with Crippen molar-refractivity contribution in [3.8, 4) is 5.75 Å². The van der Waals surface area contributed by atoms with E-state index in [4.69, 9.17) is 9.47 Å². The number of benzene rings is 2. The van der Waals surface area contributed by atoms with Crippen LogP contribution in [-0.2, 0) is 25.0 Å². The monoisotopic (exact) mass is 486 g/mol. The van der Waals surface area contributed by atoms with Gasteiger partial charge in [0.1, 0.15) is 10.6 Å². The highest BCUT2D eigenvalue weighted by atomic mass is 32.2. The highest BCUT2D eigenvalue weighted by Crippen LogP contribution is 2.43. The summed E-state index contributed by atoms with van der Waals surface area (Å²) in [4.78, 5) is 24.9. The lowest BCUT2D eigenvalue weighted by atomic mass is 9.64. The van der Waals surface area contributed by atoms with Crippen molar-refractivity contribution in [1.29, 1.82) is 0 Å². The van der Waals surface area contributed by atoms with Crippen LogP contribution in [0.15, 0.2) is 53.4 Å². The Bertz CT molecular complexity index is 1140. The van der Waals surface area contributed by atoms with Gasteiger partial charge >= 0.3 is 5.97 Å². The molecule has 1 amide bonds. The molecule has 2 aromatic carbocycles. The quantitative estimate of drug-likeness (QED) is 0.547. The van der Waals surface area contributed by atoms with Gasteiger partial charge in [0.2, 0.25) is 10.0 Å². The Morgan fingerprint density at radius 3 is 2.35 bits per heavy atom. The first kappa shape index (κ1) is 24.2. The molecular weight excluding hydrogens is 456 g/mol. The molecule has 9 heteroatoms. The number of carbonyl (C=O) groups excluding carboxylic acids is 2. The molecule has 0 aromatic heterocycles. The molecule has 1 saturated heterocycles. The zero-order valence-electron chi connectivity index (χ0n) is 19.3. The maximum absolute atomic E-state index is 13.0. The molecular formula is C25H30N2O6S. The van der Waals surface area contributed by atoms with E-state index in [0.717, 1.165) is 32.1 Å². The zero-order valence-corrected chi connectivity index (χ0v) is 20.1. The predicted octanol–water partition coefficient (Wildman–Crippen LogP) is 2.87. The van der Waals surface area contributed by atoms with Crippen molar-refractivity contribution < 1.29 is 27.5 Å². The maximum atomic E-state index is 13.0. The Morgan fingerprint density at radius 2 is 1.74 bits per heavy atom. The van der Waals surface area contributed by atoms with Crippen molar-refractivity contribution in [3.05, 3.63) is 59.7 Å². The van der Waals surface area contributed by atoms with Crippen LogP contribution in [0.5, 0.6) is 5.75 Å². The fourth-order valence-electron chi connectivity index (χ4n) is 4.57. The summed E-state index contributed by atoms with van der Waals surface area (Å²) in [7, 11) is -2.42. The number of rotatable bonds is 9. The van der Waals surface area contributed by atoms with Crippen molar-refractivity contribution in [2.24, 2.45) is 0 Å². The van der Waals surface area contributed by atoms with Crippen molar-refractivity contribution in [2.45, 2.75) is 42.4 Å². The first-order valence-corrected chi connectivity index (χ1v) is 13.0. The second-order valence-corrected chi connectivity index (χ2v) is 10.7. The molecule has 1 saturated carbocycles. The Balaban J connectivity index is 1.38. The SMILES string of the molecule is COc1ccc(C(=O)OCC(=O)NCC2(c3ccccc3)CCC2)cc1S(=O)(=O)N1CCCC1. The molecule has 0 bridgehead atoms. The fourth-order valence-corrected chi connectivity index (χ4v) is 6.27. The van der Waals surface area contributed by atoms with Crippen molar-refractivity contribution in [1.82, 2.24) is 9.62 Å². The zero-order chi connectivity index (χ0) is 24.2. The number of hydrogen-bond acceptors (Lipinski definition) is 6. The van der Waals surface area contributed by atoms with E-state index >= 15 is 0 Å². The first-order chi connectivity index (χ1) is 16.4.